The Bertz CT molecular complexity index is 841. The van der Waals surface area contributed by atoms with E-state index < -0.39 is 0 Å². The van der Waals surface area contributed by atoms with Crippen molar-refractivity contribution in [3.8, 4) is 0 Å². The van der Waals surface area contributed by atoms with Gasteiger partial charge in [-0.1, -0.05) is 12.5 Å². The maximum absolute atomic E-state index is 13.5. The van der Waals surface area contributed by atoms with E-state index >= 15 is 0 Å². The molecule has 1 aromatic carbocycles. The lowest BCUT2D eigenvalue weighted by molar-refractivity contribution is 0.134. The molecule has 4 rings (SSSR count). The summed E-state index contributed by atoms with van der Waals surface area (Å²) in [5.74, 6) is -0.177. The Hall–Kier alpha value is -2.20. The van der Waals surface area contributed by atoms with Gasteiger partial charge in [0.1, 0.15) is 5.82 Å². The van der Waals surface area contributed by atoms with Crippen molar-refractivity contribution >= 4 is 10.9 Å². The highest BCUT2D eigenvalue weighted by molar-refractivity contribution is 5.81. The number of aromatic nitrogens is 2. The van der Waals surface area contributed by atoms with Gasteiger partial charge in [0.2, 0.25) is 0 Å². The van der Waals surface area contributed by atoms with Gasteiger partial charge in [-0.3, -0.25) is 9.88 Å². The molecule has 0 radical (unpaired) electrons. The summed E-state index contributed by atoms with van der Waals surface area (Å²) in [4.78, 5) is 7.08. The van der Waals surface area contributed by atoms with E-state index in [1.807, 2.05) is 18.3 Å². The molecule has 0 saturated carbocycles. The Morgan fingerprint density at radius 3 is 2.92 bits per heavy atom. The highest BCUT2D eigenvalue weighted by Crippen LogP contribution is 2.32. The molecule has 4 heteroatoms. The molecular weight excluding hydrogens is 301 g/mol. The van der Waals surface area contributed by atoms with Crippen molar-refractivity contribution < 1.29 is 4.39 Å². The molecule has 24 heavy (non-hydrogen) atoms. The SMILES string of the molecule is Cn1c(CN2CCCCC2c2ccccn2)cc2cc(F)ccc21. The lowest BCUT2D eigenvalue weighted by atomic mass is 9.98. The summed E-state index contributed by atoms with van der Waals surface area (Å²) < 4.78 is 15.7. The summed E-state index contributed by atoms with van der Waals surface area (Å²) in [5.41, 5.74) is 3.46. The number of halogens is 1. The van der Waals surface area contributed by atoms with Crippen molar-refractivity contribution in [2.75, 3.05) is 6.54 Å². The van der Waals surface area contributed by atoms with Crippen molar-refractivity contribution in [1.29, 1.82) is 0 Å². The van der Waals surface area contributed by atoms with Crippen molar-refractivity contribution in [2.45, 2.75) is 31.8 Å². The zero-order valence-electron chi connectivity index (χ0n) is 14.0. The van der Waals surface area contributed by atoms with Crippen molar-refractivity contribution in [3.63, 3.8) is 0 Å². The number of hydrogen-bond donors (Lipinski definition) is 0. The monoisotopic (exact) mass is 323 g/mol. The fraction of sp³-hybridized carbons (Fsp3) is 0.350. The number of likely N-dealkylation sites (tertiary alicyclic amines) is 1. The minimum absolute atomic E-state index is 0.177. The fourth-order valence-corrected chi connectivity index (χ4v) is 3.83. The van der Waals surface area contributed by atoms with Crippen LogP contribution in [0, 0.1) is 5.82 Å². The summed E-state index contributed by atoms with van der Waals surface area (Å²) in [6.07, 6.45) is 5.50. The molecule has 0 spiro atoms. The Morgan fingerprint density at radius 2 is 2.08 bits per heavy atom. The minimum Gasteiger partial charge on any atom is -0.346 e. The highest BCUT2D eigenvalue weighted by atomic mass is 19.1. The van der Waals surface area contributed by atoms with Crippen LogP contribution >= 0.6 is 0 Å². The Balaban J connectivity index is 1.64. The van der Waals surface area contributed by atoms with E-state index in [2.05, 4.69) is 39.7 Å². The van der Waals surface area contributed by atoms with Crippen molar-refractivity contribution in [3.05, 3.63) is 65.9 Å². The van der Waals surface area contributed by atoms with Crippen LogP contribution in [0.2, 0.25) is 0 Å². The van der Waals surface area contributed by atoms with Gasteiger partial charge >= 0.3 is 0 Å². The zero-order valence-corrected chi connectivity index (χ0v) is 14.0. The number of benzene rings is 1. The van der Waals surface area contributed by atoms with Crippen LogP contribution in [-0.2, 0) is 13.6 Å². The molecule has 1 aliphatic heterocycles. The van der Waals surface area contributed by atoms with Crippen LogP contribution in [0.25, 0.3) is 10.9 Å². The van der Waals surface area contributed by atoms with E-state index in [1.165, 1.54) is 24.6 Å². The average Bonchev–Trinajstić information content (AvgIpc) is 2.91. The summed E-state index contributed by atoms with van der Waals surface area (Å²) in [6.45, 7) is 1.95. The van der Waals surface area contributed by atoms with Crippen LogP contribution in [-0.4, -0.2) is 21.0 Å². The van der Waals surface area contributed by atoms with Crippen LogP contribution in [0.4, 0.5) is 4.39 Å². The van der Waals surface area contributed by atoms with Crippen LogP contribution in [0.15, 0.2) is 48.7 Å². The molecule has 0 N–H and O–H groups in total. The molecule has 0 aliphatic carbocycles. The molecule has 1 fully saturated rings. The summed E-state index contributed by atoms with van der Waals surface area (Å²) in [7, 11) is 2.06. The van der Waals surface area contributed by atoms with Crippen molar-refractivity contribution in [1.82, 2.24) is 14.5 Å². The Morgan fingerprint density at radius 1 is 1.17 bits per heavy atom. The molecule has 1 unspecified atom stereocenters. The largest absolute Gasteiger partial charge is 0.346 e. The Kier molecular flexibility index (Phi) is 4.07. The summed E-state index contributed by atoms with van der Waals surface area (Å²) in [5, 5.41) is 0.971. The van der Waals surface area contributed by atoms with Gasteiger partial charge in [-0.25, -0.2) is 4.39 Å². The zero-order chi connectivity index (χ0) is 16.5. The molecule has 3 heterocycles. The van der Waals surface area contributed by atoms with Gasteiger partial charge in [0.25, 0.3) is 0 Å². The second kappa shape index (κ2) is 6.36. The second-order valence-corrected chi connectivity index (χ2v) is 6.63. The number of pyridine rings is 1. The van der Waals surface area contributed by atoms with E-state index in [9.17, 15) is 4.39 Å². The third kappa shape index (κ3) is 2.82. The first-order valence-corrected chi connectivity index (χ1v) is 8.61. The molecular formula is C20H22FN3. The van der Waals surface area contributed by atoms with E-state index in [0.717, 1.165) is 36.1 Å². The van der Waals surface area contributed by atoms with Gasteiger partial charge < -0.3 is 4.57 Å². The van der Waals surface area contributed by atoms with Gasteiger partial charge in [-0.05, 0) is 55.8 Å². The minimum atomic E-state index is -0.177. The molecule has 0 bridgehead atoms. The molecule has 1 atom stereocenters. The summed E-state index contributed by atoms with van der Waals surface area (Å²) in [6, 6.07) is 13.6. The molecule has 124 valence electrons. The van der Waals surface area contributed by atoms with Gasteiger partial charge in [-0.2, -0.15) is 0 Å². The lowest BCUT2D eigenvalue weighted by Gasteiger charge is -2.35. The maximum atomic E-state index is 13.5. The highest BCUT2D eigenvalue weighted by Gasteiger charge is 2.25. The smallest absolute Gasteiger partial charge is 0.123 e. The molecule has 3 nitrogen and oxygen atoms in total. The number of nitrogens with zero attached hydrogens (tertiary/aromatic N) is 3. The van der Waals surface area contributed by atoms with E-state index in [0.29, 0.717) is 6.04 Å². The van der Waals surface area contributed by atoms with Crippen LogP contribution in [0.5, 0.6) is 0 Å². The van der Waals surface area contributed by atoms with Crippen molar-refractivity contribution in [2.24, 2.45) is 7.05 Å². The predicted molar refractivity (Wildman–Crippen MR) is 94.1 cm³/mol. The number of rotatable bonds is 3. The number of fused-ring (bicyclic) bond motifs is 1. The third-order valence-electron chi connectivity index (χ3n) is 5.11. The van der Waals surface area contributed by atoms with E-state index in [-0.39, 0.29) is 5.82 Å². The topological polar surface area (TPSA) is 21.1 Å². The van der Waals surface area contributed by atoms with E-state index in [1.54, 1.807) is 6.07 Å². The number of aryl methyl sites for hydroxylation is 1. The third-order valence-corrected chi connectivity index (χ3v) is 5.11. The summed E-state index contributed by atoms with van der Waals surface area (Å²) >= 11 is 0. The first-order chi connectivity index (χ1) is 11.7. The second-order valence-electron chi connectivity index (χ2n) is 6.63. The van der Waals surface area contributed by atoms with Gasteiger partial charge in [0.05, 0.1) is 11.7 Å². The van der Waals surface area contributed by atoms with Crippen LogP contribution < -0.4 is 0 Å². The maximum Gasteiger partial charge on any atom is 0.123 e. The van der Waals surface area contributed by atoms with Gasteiger partial charge in [0, 0.05) is 36.4 Å². The standard InChI is InChI=1S/C20H22FN3/c1-23-17(13-15-12-16(21)8-9-19(15)23)14-24-11-5-3-7-20(24)18-6-2-4-10-22-18/h2,4,6,8-10,12-13,20H,3,5,7,11,14H2,1H3. The average molecular weight is 323 g/mol. The van der Waals surface area contributed by atoms with Gasteiger partial charge in [0.15, 0.2) is 0 Å². The number of piperidine rings is 1. The normalized spacial score (nSPS) is 19.0. The molecule has 1 aliphatic rings. The molecule has 2 aromatic heterocycles. The predicted octanol–water partition coefficient (Wildman–Crippen LogP) is 4.44. The first-order valence-electron chi connectivity index (χ1n) is 8.61. The quantitative estimate of drug-likeness (QED) is 0.710. The molecule has 0 amide bonds. The lowest BCUT2D eigenvalue weighted by Crippen LogP contribution is -2.33. The number of hydrogen-bond acceptors (Lipinski definition) is 2. The first kappa shape index (κ1) is 15.3. The van der Waals surface area contributed by atoms with Gasteiger partial charge in [-0.15, -0.1) is 0 Å². The Labute approximate surface area is 141 Å². The van der Waals surface area contributed by atoms with Crippen LogP contribution in [0.3, 0.4) is 0 Å². The fourth-order valence-electron chi connectivity index (χ4n) is 3.83. The van der Waals surface area contributed by atoms with E-state index in [4.69, 9.17) is 0 Å². The molecule has 3 aromatic rings. The molecule has 1 saturated heterocycles. The van der Waals surface area contributed by atoms with Crippen LogP contribution in [0.1, 0.15) is 36.7 Å².